The fourth-order valence-electron chi connectivity index (χ4n) is 1.45. The summed E-state index contributed by atoms with van der Waals surface area (Å²) >= 11 is 7.29. The molecule has 0 aliphatic carbocycles. The third-order valence-electron chi connectivity index (χ3n) is 2.27. The number of hydrogen-bond donors (Lipinski definition) is 2. The van der Waals surface area contributed by atoms with Gasteiger partial charge in [-0.3, -0.25) is 4.79 Å². The van der Waals surface area contributed by atoms with E-state index in [4.69, 9.17) is 17.3 Å². The van der Waals surface area contributed by atoms with Crippen LogP contribution in [0.5, 0.6) is 0 Å². The van der Waals surface area contributed by atoms with Gasteiger partial charge >= 0.3 is 0 Å². The molecule has 2 aromatic rings. The van der Waals surface area contributed by atoms with Crippen LogP contribution in [0.2, 0.25) is 5.02 Å². The Morgan fingerprint density at radius 2 is 2.00 bits per heavy atom. The zero-order valence-electron chi connectivity index (χ0n) is 8.89. The molecule has 17 heavy (non-hydrogen) atoms. The van der Waals surface area contributed by atoms with Gasteiger partial charge in [-0.05, 0) is 35.7 Å². The molecule has 5 heteroatoms. The molecule has 1 heterocycles. The molecule has 0 bridgehead atoms. The lowest BCUT2D eigenvalue weighted by atomic mass is 10.2. The molecule has 0 saturated heterocycles. The zero-order valence-corrected chi connectivity index (χ0v) is 10.5. The Morgan fingerprint density at radius 3 is 2.53 bits per heavy atom. The summed E-state index contributed by atoms with van der Waals surface area (Å²) in [5.41, 5.74) is 6.20. The van der Waals surface area contributed by atoms with Gasteiger partial charge in [-0.2, -0.15) is 0 Å². The van der Waals surface area contributed by atoms with E-state index in [0.29, 0.717) is 5.02 Å². The third-order valence-corrected chi connectivity index (χ3v) is 3.46. The van der Waals surface area contributed by atoms with Crippen LogP contribution in [0, 0.1) is 0 Å². The van der Waals surface area contributed by atoms with Crippen molar-refractivity contribution in [1.82, 2.24) is 0 Å². The highest BCUT2D eigenvalue weighted by Crippen LogP contribution is 2.24. The fraction of sp³-hybridized carbons (Fsp3) is 0.0833. The minimum absolute atomic E-state index is 0.401. The molecule has 0 aliphatic heterocycles. The predicted octanol–water partition coefficient (Wildman–Crippen LogP) is 3.04. The molecule has 0 spiro atoms. The largest absolute Gasteiger partial charge is 0.369 e. The van der Waals surface area contributed by atoms with Crippen LogP contribution in [-0.4, -0.2) is 5.91 Å². The van der Waals surface area contributed by atoms with Gasteiger partial charge in [0.1, 0.15) is 6.04 Å². The van der Waals surface area contributed by atoms with Crippen LogP contribution >= 0.6 is 22.9 Å². The first-order chi connectivity index (χ1) is 8.16. The maximum Gasteiger partial charge on any atom is 0.245 e. The van der Waals surface area contributed by atoms with Crippen LogP contribution in [0.25, 0.3) is 0 Å². The number of halogens is 1. The summed E-state index contributed by atoms with van der Waals surface area (Å²) in [5, 5.41) is 5.65. The molecule has 3 nitrogen and oxygen atoms in total. The van der Waals surface area contributed by atoms with Crippen molar-refractivity contribution in [3.05, 3.63) is 51.7 Å². The molecular formula is C12H11ClN2OS. The molecule has 1 amide bonds. The summed E-state index contributed by atoms with van der Waals surface area (Å²) in [6.07, 6.45) is 0. The van der Waals surface area contributed by atoms with Crippen molar-refractivity contribution in [3.63, 3.8) is 0 Å². The molecule has 3 N–H and O–H groups in total. The number of nitrogens with two attached hydrogens (primary N) is 1. The van der Waals surface area contributed by atoms with Crippen LogP contribution in [0.1, 0.15) is 10.9 Å². The molecule has 0 aliphatic rings. The lowest BCUT2D eigenvalue weighted by Gasteiger charge is -2.15. The highest BCUT2D eigenvalue weighted by molar-refractivity contribution is 7.10. The number of benzene rings is 1. The Hall–Kier alpha value is -1.52. The van der Waals surface area contributed by atoms with Crippen molar-refractivity contribution in [2.45, 2.75) is 6.04 Å². The van der Waals surface area contributed by atoms with Crippen molar-refractivity contribution < 1.29 is 4.79 Å². The second-order valence-electron chi connectivity index (χ2n) is 3.50. The lowest BCUT2D eigenvalue weighted by Crippen LogP contribution is -2.26. The number of anilines is 1. The average Bonchev–Trinajstić information content (AvgIpc) is 2.81. The van der Waals surface area contributed by atoms with Gasteiger partial charge in [-0.1, -0.05) is 17.7 Å². The molecule has 1 atom stereocenters. The summed E-state index contributed by atoms with van der Waals surface area (Å²) in [6.45, 7) is 0. The summed E-state index contributed by atoms with van der Waals surface area (Å²) in [4.78, 5) is 12.3. The number of rotatable bonds is 4. The van der Waals surface area contributed by atoms with E-state index in [1.165, 1.54) is 11.3 Å². The smallest absolute Gasteiger partial charge is 0.245 e. The molecule has 1 unspecified atom stereocenters. The number of hydrogen-bond acceptors (Lipinski definition) is 3. The molecule has 0 fully saturated rings. The Labute approximate surface area is 108 Å². The maximum absolute atomic E-state index is 11.4. The summed E-state index contributed by atoms with van der Waals surface area (Å²) in [5.74, 6) is -0.401. The van der Waals surface area contributed by atoms with Gasteiger partial charge in [0.15, 0.2) is 0 Å². The number of carbonyl (C=O) groups excluding carboxylic acids is 1. The average molecular weight is 267 g/mol. The minimum Gasteiger partial charge on any atom is -0.369 e. The summed E-state index contributed by atoms with van der Waals surface area (Å²) in [7, 11) is 0. The number of carbonyl (C=O) groups is 1. The van der Waals surface area contributed by atoms with E-state index in [1.807, 2.05) is 29.6 Å². The van der Waals surface area contributed by atoms with Gasteiger partial charge in [0.25, 0.3) is 0 Å². The Balaban J connectivity index is 2.19. The summed E-state index contributed by atoms with van der Waals surface area (Å²) in [6, 6.07) is 10.4. The van der Waals surface area contributed by atoms with Gasteiger partial charge in [-0.15, -0.1) is 11.3 Å². The molecule has 88 valence electrons. The lowest BCUT2D eigenvalue weighted by molar-refractivity contribution is -0.118. The topological polar surface area (TPSA) is 55.1 Å². The second kappa shape index (κ2) is 5.21. The van der Waals surface area contributed by atoms with Crippen LogP contribution in [0.15, 0.2) is 41.8 Å². The van der Waals surface area contributed by atoms with Crippen molar-refractivity contribution in [3.8, 4) is 0 Å². The van der Waals surface area contributed by atoms with Crippen LogP contribution in [0.4, 0.5) is 5.69 Å². The van der Waals surface area contributed by atoms with E-state index < -0.39 is 11.9 Å². The number of nitrogens with one attached hydrogen (secondary N) is 1. The van der Waals surface area contributed by atoms with E-state index in [0.717, 1.165) is 10.6 Å². The third kappa shape index (κ3) is 2.99. The molecule has 2 rings (SSSR count). The SMILES string of the molecule is NC(=O)C(Nc1ccc(Cl)cc1)c1cccs1. The van der Waals surface area contributed by atoms with Crippen LogP contribution in [0.3, 0.4) is 0 Å². The zero-order chi connectivity index (χ0) is 12.3. The highest BCUT2D eigenvalue weighted by atomic mass is 35.5. The van der Waals surface area contributed by atoms with E-state index in [9.17, 15) is 4.79 Å². The van der Waals surface area contributed by atoms with Crippen LogP contribution < -0.4 is 11.1 Å². The normalized spacial score (nSPS) is 12.1. The Kier molecular flexibility index (Phi) is 3.66. The maximum atomic E-state index is 11.4. The number of primary amides is 1. The number of amides is 1. The van der Waals surface area contributed by atoms with Gasteiger partial charge < -0.3 is 11.1 Å². The minimum atomic E-state index is -0.504. The van der Waals surface area contributed by atoms with E-state index in [2.05, 4.69) is 5.32 Å². The fourth-order valence-corrected chi connectivity index (χ4v) is 2.36. The number of thiophene rings is 1. The van der Waals surface area contributed by atoms with Crippen LogP contribution in [-0.2, 0) is 4.79 Å². The Morgan fingerprint density at radius 1 is 1.29 bits per heavy atom. The van der Waals surface area contributed by atoms with E-state index in [1.54, 1.807) is 12.1 Å². The molecular weight excluding hydrogens is 256 g/mol. The molecule has 0 saturated carbocycles. The summed E-state index contributed by atoms with van der Waals surface area (Å²) < 4.78 is 0. The van der Waals surface area contributed by atoms with Crippen molar-refractivity contribution in [1.29, 1.82) is 0 Å². The van der Waals surface area contributed by atoms with Crippen molar-refractivity contribution in [2.24, 2.45) is 5.73 Å². The quantitative estimate of drug-likeness (QED) is 0.894. The molecule has 1 aromatic heterocycles. The first-order valence-electron chi connectivity index (χ1n) is 5.01. The first-order valence-corrected chi connectivity index (χ1v) is 6.27. The predicted molar refractivity (Wildman–Crippen MR) is 71.3 cm³/mol. The van der Waals surface area contributed by atoms with Gasteiger partial charge in [-0.25, -0.2) is 0 Å². The Bertz CT molecular complexity index is 496. The van der Waals surface area contributed by atoms with Gasteiger partial charge in [0, 0.05) is 15.6 Å². The molecule has 0 radical (unpaired) electrons. The van der Waals surface area contributed by atoms with E-state index in [-0.39, 0.29) is 0 Å². The van der Waals surface area contributed by atoms with Gasteiger partial charge in [0.2, 0.25) is 5.91 Å². The first kappa shape index (κ1) is 12.0. The standard InChI is InChI=1S/C12H11ClN2OS/c13-8-3-5-9(6-4-8)15-11(12(14)16)10-2-1-7-17-10/h1-7,11,15H,(H2,14,16). The highest BCUT2D eigenvalue weighted by Gasteiger charge is 2.18. The van der Waals surface area contributed by atoms with E-state index >= 15 is 0 Å². The monoisotopic (exact) mass is 266 g/mol. The molecule has 1 aromatic carbocycles. The van der Waals surface area contributed by atoms with Crippen molar-refractivity contribution >= 4 is 34.5 Å². The van der Waals surface area contributed by atoms with Crippen molar-refractivity contribution in [2.75, 3.05) is 5.32 Å². The van der Waals surface area contributed by atoms with Gasteiger partial charge in [0.05, 0.1) is 0 Å². The second-order valence-corrected chi connectivity index (χ2v) is 4.92.